The zero-order valence-corrected chi connectivity index (χ0v) is 23.0. The lowest BCUT2D eigenvalue weighted by Gasteiger charge is -2.29. The Morgan fingerprint density at radius 3 is 2.63 bits per heavy atom. The summed E-state index contributed by atoms with van der Waals surface area (Å²) in [4.78, 5) is 32.0. The van der Waals surface area contributed by atoms with Crippen LogP contribution in [0.3, 0.4) is 0 Å². The van der Waals surface area contributed by atoms with Gasteiger partial charge in [-0.2, -0.15) is 0 Å². The second-order valence-electron chi connectivity index (χ2n) is 10.6. The Balaban J connectivity index is 0.000000204. The summed E-state index contributed by atoms with van der Waals surface area (Å²) in [6.45, 7) is 7.32. The van der Waals surface area contributed by atoms with Crippen LogP contribution in [0.15, 0.2) is 36.4 Å². The lowest BCUT2D eigenvalue weighted by molar-refractivity contribution is 0.0658. The molecule has 0 unspecified atom stereocenters. The van der Waals surface area contributed by atoms with Crippen molar-refractivity contribution in [1.29, 1.82) is 0 Å². The number of likely N-dealkylation sites (tertiary alicyclic amines) is 1. The van der Waals surface area contributed by atoms with Crippen LogP contribution in [0.2, 0.25) is 0 Å². The minimum atomic E-state index is -0.877. The van der Waals surface area contributed by atoms with E-state index in [1.54, 1.807) is 29.5 Å². The highest BCUT2D eigenvalue weighted by atomic mass is 32.1. The maximum atomic E-state index is 13.6. The van der Waals surface area contributed by atoms with Crippen molar-refractivity contribution < 1.29 is 19.4 Å². The van der Waals surface area contributed by atoms with Crippen LogP contribution in [0.1, 0.15) is 68.2 Å². The first-order valence-corrected chi connectivity index (χ1v) is 14.1. The molecule has 200 valence electrons. The monoisotopic (exact) mass is 533 g/mol. The maximum Gasteiger partial charge on any atom is 0.336 e. The predicted octanol–water partition coefficient (Wildman–Crippen LogP) is 5.40. The van der Waals surface area contributed by atoms with Crippen molar-refractivity contribution in [3.05, 3.63) is 69.4 Å². The van der Waals surface area contributed by atoms with E-state index in [4.69, 9.17) is 15.6 Å². The second kappa shape index (κ2) is 10.9. The Morgan fingerprint density at radius 2 is 1.92 bits per heavy atom. The molecule has 3 aliphatic rings. The van der Waals surface area contributed by atoms with Gasteiger partial charge in [0.1, 0.15) is 11.4 Å². The van der Waals surface area contributed by atoms with E-state index in [1.165, 1.54) is 24.0 Å². The Hall–Kier alpha value is -3.23. The fraction of sp³-hybridized carbons (Fsp3) is 0.433. The summed E-state index contributed by atoms with van der Waals surface area (Å²) in [5.74, 6) is 0.539. The summed E-state index contributed by atoms with van der Waals surface area (Å²) < 4.78 is 5.23. The molecule has 0 radical (unpaired) electrons. The summed E-state index contributed by atoms with van der Waals surface area (Å²) in [6.07, 6.45) is 5.31. The zero-order valence-electron chi connectivity index (χ0n) is 22.2. The number of amides is 1. The van der Waals surface area contributed by atoms with Crippen LogP contribution in [-0.2, 0) is 6.42 Å². The van der Waals surface area contributed by atoms with Crippen molar-refractivity contribution in [2.24, 2.45) is 11.7 Å². The number of carboxylic acid groups (broad SMARTS) is 1. The SMILES string of the molecule is Cc1cc(C)cc(-c2sc(C)nc2C(=O)N2[C@H](CN)C[C@@H]3CCC[C@@H]32)c1.O=C(O)c1cccc2c1CCO2. The first-order valence-electron chi connectivity index (χ1n) is 13.3. The first-order chi connectivity index (χ1) is 18.3. The number of rotatable bonds is 4. The van der Waals surface area contributed by atoms with Crippen LogP contribution in [-0.4, -0.2) is 52.1 Å². The Kier molecular flexibility index (Phi) is 7.54. The number of fused-ring (bicyclic) bond motifs is 2. The fourth-order valence-corrected chi connectivity index (χ4v) is 7.23. The third-order valence-electron chi connectivity index (χ3n) is 7.84. The van der Waals surface area contributed by atoms with E-state index in [9.17, 15) is 9.59 Å². The van der Waals surface area contributed by atoms with E-state index in [0.717, 1.165) is 39.6 Å². The number of hydrogen-bond acceptors (Lipinski definition) is 6. The molecular formula is C30H35N3O4S. The molecule has 3 heterocycles. The first kappa shape index (κ1) is 26.4. The van der Waals surface area contributed by atoms with Crippen LogP contribution in [0.5, 0.6) is 5.75 Å². The molecule has 3 aromatic rings. The third kappa shape index (κ3) is 5.07. The topological polar surface area (TPSA) is 106 Å². The number of ether oxygens (including phenoxy) is 1. The highest BCUT2D eigenvalue weighted by Crippen LogP contribution is 2.43. The molecule has 3 N–H and O–H groups in total. The molecule has 1 aliphatic carbocycles. The van der Waals surface area contributed by atoms with Crippen molar-refractivity contribution in [1.82, 2.24) is 9.88 Å². The number of carbonyl (C=O) groups is 2. The molecule has 2 fully saturated rings. The van der Waals surface area contributed by atoms with E-state index in [0.29, 0.717) is 42.8 Å². The average Bonchev–Trinajstić information content (AvgIpc) is 3.65. The Labute approximate surface area is 227 Å². The minimum Gasteiger partial charge on any atom is -0.493 e. The molecule has 3 atom stereocenters. The van der Waals surface area contributed by atoms with Crippen LogP contribution in [0.4, 0.5) is 0 Å². The maximum absolute atomic E-state index is 13.6. The van der Waals surface area contributed by atoms with Gasteiger partial charge >= 0.3 is 5.97 Å². The molecule has 2 aromatic carbocycles. The molecule has 8 heteroatoms. The zero-order chi connectivity index (χ0) is 27.0. The smallest absolute Gasteiger partial charge is 0.336 e. The number of benzene rings is 2. The van der Waals surface area contributed by atoms with Crippen molar-refractivity contribution in [2.45, 2.75) is 65.0 Å². The van der Waals surface area contributed by atoms with Crippen molar-refractivity contribution in [3.8, 4) is 16.2 Å². The largest absolute Gasteiger partial charge is 0.493 e. The van der Waals surface area contributed by atoms with Gasteiger partial charge in [-0.05, 0) is 63.6 Å². The summed E-state index contributed by atoms with van der Waals surface area (Å²) >= 11 is 1.62. The molecule has 6 rings (SSSR count). The van der Waals surface area contributed by atoms with Gasteiger partial charge in [0.2, 0.25) is 0 Å². The summed E-state index contributed by atoms with van der Waals surface area (Å²) in [5.41, 5.74) is 11.3. The lowest BCUT2D eigenvalue weighted by atomic mass is 10.0. The summed E-state index contributed by atoms with van der Waals surface area (Å²) in [7, 11) is 0. The summed E-state index contributed by atoms with van der Waals surface area (Å²) in [6, 6.07) is 12.1. The quantitative estimate of drug-likeness (QED) is 0.465. The fourth-order valence-electron chi connectivity index (χ4n) is 6.34. The number of carboxylic acids is 1. The van der Waals surface area contributed by atoms with Crippen LogP contribution >= 0.6 is 11.3 Å². The van der Waals surface area contributed by atoms with Gasteiger partial charge in [-0.25, -0.2) is 9.78 Å². The van der Waals surface area contributed by atoms with E-state index in [2.05, 4.69) is 41.9 Å². The second-order valence-corrected chi connectivity index (χ2v) is 11.8. The number of aryl methyl sites for hydroxylation is 3. The molecule has 2 aliphatic heterocycles. The van der Waals surface area contributed by atoms with E-state index in [-0.39, 0.29) is 11.9 Å². The normalized spacial score (nSPS) is 21.4. The van der Waals surface area contributed by atoms with Gasteiger partial charge in [0.15, 0.2) is 0 Å². The number of nitrogens with zero attached hydrogens (tertiary/aromatic N) is 2. The van der Waals surface area contributed by atoms with Gasteiger partial charge in [-0.3, -0.25) is 4.79 Å². The minimum absolute atomic E-state index is 0.0772. The van der Waals surface area contributed by atoms with Crippen LogP contribution < -0.4 is 10.5 Å². The number of nitrogens with two attached hydrogens (primary N) is 1. The highest BCUT2D eigenvalue weighted by molar-refractivity contribution is 7.15. The molecule has 1 aromatic heterocycles. The predicted molar refractivity (Wildman–Crippen MR) is 149 cm³/mol. The number of aromatic carboxylic acids is 1. The van der Waals surface area contributed by atoms with Crippen molar-refractivity contribution in [3.63, 3.8) is 0 Å². The number of carbonyl (C=O) groups excluding carboxylic acids is 1. The van der Waals surface area contributed by atoms with Crippen LogP contribution in [0, 0.1) is 26.7 Å². The molecule has 0 spiro atoms. The lowest BCUT2D eigenvalue weighted by Crippen LogP contribution is -2.44. The molecular weight excluding hydrogens is 498 g/mol. The van der Waals surface area contributed by atoms with Gasteiger partial charge in [0.25, 0.3) is 5.91 Å². The molecule has 1 amide bonds. The molecule has 0 bridgehead atoms. The van der Waals surface area contributed by atoms with Crippen LogP contribution in [0.25, 0.3) is 10.4 Å². The van der Waals surface area contributed by atoms with Gasteiger partial charge < -0.3 is 20.5 Å². The van der Waals surface area contributed by atoms with Crippen molar-refractivity contribution in [2.75, 3.05) is 13.2 Å². The van der Waals surface area contributed by atoms with E-state index >= 15 is 0 Å². The standard InChI is InChI=1S/C21H27N3OS.C9H8O3/c1-12-7-13(2)9-16(8-12)20-19(23-14(3)26-20)21(25)24-17(11-22)10-15-5-4-6-18(15)24;10-9(11)7-2-1-3-8-6(7)4-5-12-8/h7-9,15,17-18H,4-6,10-11,22H2,1-3H3;1-3H,4-5H2,(H,10,11)/t15-,17-,18-;/m0./s1. The van der Waals surface area contributed by atoms with Gasteiger partial charge in [0.05, 0.1) is 22.1 Å². The molecule has 7 nitrogen and oxygen atoms in total. The number of aromatic nitrogens is 1. The highest BCUT2D eigenvalue weighted by Gasteiger charge is 2.46. The van der Waals surface area contributed by atoms with E-state index in [1.807, 2.05) is 6.92 Å². The molecule has 1 saturated heterocycles. The average molecular weight is 534 g/mol. The summed E-state index contributed by atoms with van der Waals surface area (Å²) in [5, 5.41) is 9.73. The van der Waals surface area contributed by atoms with E-state index < -0.39 is 5.97 Å². The number of hydrogen-bond donors (Lipinski definition) is 2. The van der Waals surface area contributed by atoms with Gasteiger partial charge in [0, 0.05) is 30.6 Å². The van der Waals surface area contributed by atoms with Gasteiger partial charge in [-0.1, -0.05) is 41.8 Å². The Bertz CT molecular complexity index is 1350. The Morgan fingerprint density at radius 1 is 1.16 bits per heavy atom. The molecule has 1 saturated carbocycles. The third-order valence-corrected chi connectivity index (χ3v) is 8.86. The van der Waals surface area contributed by atoms with Crippen molar-refractivity contribution >= 4 is 23.2 Å². The molecule has 38 heavy (non-hydrogen) atoms. The number of thiazole rings is 1. The van der Waals surface area contributed by atoms with Gasteiger partial charge in [-0.15, -0.1) is 11.3 Å².